The molecule has 2 nitrogen and oxygen atoms in total. The van der Waals surface area contributed by atoms with Crippen molar-refractivity contribution in [3.63, 3.8) is 0 Å². The van der Waals surface area contributed by atoms with Gasteiger partial charge in [-0.25, -0.2) is 0 Å². The largest absolute Gasteiger partial charge is 0.489 e. The fourth-order valence-corrected chi connectivity index (χ4v) is 1.63. The van der Waals surface area contributed by atoms with E-state index in [1.54, 1.807) is 36.4 Å². The van der Waals surface area contributed by atoms with Crippen LogP contribution in [0, 0.1) is 6.92 Å². The summed E-state index contributed by atoms with van der Waals surface area (Å²) in [7, 11) is 0. The summed E-state index contributed by atoms with van der Waals surface area (Å²) in [4.78, 5) is 0. The number of halogens is 1. The van der Waals surface area contributed by atoms with Gasteiger partial charge in [-0.1, -0.05) is 23.7 Å². The van der Waals surface area contributed by atoms with E-state index >= 15 is 0 Å². The van der Waals surface area contributed by atoms with Crippen molar-refractivity contribution in [2.45, 2.75) is 13.5 Å². The van der Waals surface area contributed by atoms with E-state index < -0.39 is 0 Å². The quantitative estimate of drug-likeness (QED) is 0.792. The highest BCUT2D eigenvalue weighted by Gasteiger charge is 2.04. The summed E-state index contributed by atoms with van der Waals surface area (Å²) in [5, 5.41) is 12.1. The van der Waals surface area contributed by atoms with Crippen LogP contribution in [0.15, 0.2) is 42.5 Å². The van der Waals surface area contributed by atoms with E-state index in [1.165, 1.54) is 0 Å². The van der Waals surface area contributed by atoms with Gasteiger partial charge in [0.25, 0.3) is 0 Å². The molecule has 0 atom stereocenters. The average molecular weight is 248 g/mol. The van der Waals surface area contributed by atoms with Crippen LogP contribution >= 0.6 is 11.6 Å². The average Bonchev–Trinajstić information content (AvgIpc) is 2.33. The molecule has 0 amide bonds. The van der Waals surface area contributed by atoms with Crippen molar-refractivity contribution in [3.8, 4) is 11.5 Å². The van der Waals surface area contributed by atoms with Crippen LogP contribution in [0.25, 0.3) is 0 Å². The molecule has 1 radical (unpaired) electrons. The molecule has 0 aliphatic carbocycles. The topological polar surface area (TPSA) is 29.1 Å². The van der Waals surface area contributed by atoms with Crippen LogP contribution in [0.4, 0.5) is 0 Å². The molecule has 87 valence electrons. The van der Waals surface area contributed by atoms with Crippen LogP contribution < -0.4 is 4.74 Å². The second-order valence-corrected chi connectivity index (χ2v) is 4.22. The fraction of sp³-hybridized carbons (Fsp3) is 0.143. The first-order chi connectivity index (χ1) is 8.16. The molecule has 0 aromatic heterocycles. The van der Waals surface area contributed by atoms with E-state index in [0.717, 1.165) is 16.9 Å². The Hall–Kier alpha value is -1.67. The standard InChI is InChI=1S/C14H12ClO2/c1-10-11(3-2-4-14(10)16)9-17-13-7-5-12(15)6-8-13/h2-8H,9H2,1H3. The van der Waals surface area contributed by atoms with Crippen molar-refractivity contribution in [1.82, 2.24) is 0 Å². The zero-order chi connectivity index (χ0) is 12.3. The minimum Gasteiger partial charge on any atom is -0.489 e. The van der Waals surface area contributed by atoms with Gasteiger partial charge in [0, 0.05) is 10.6 Å². The zero-order valence-electron chi connectivity index (χ0n) is 9.44. The molecule has 2 aromatic rings. The van der Waals surface area contributed by atoms with Crippen LogP contribution in [0.3, 0.4) is 0 Å². The Labute approximate surface area is 105 Å². The Morgan fingerprint density at radius 2 is 1.82 bits per heavy atom. The first-order valence-electron chi connectivity index (χ1n) is 5.30. The number of rotatable bonds is 3. The Morgan fingerprint density at radius 1 is 1.12 bits per heavy atom. The molecule has 0 fully saturated rings. The van der Waals surface area contributed by atoms with E-state index in [-0.39, 0.29) is 5.75 Å². The molecule has 0 aliphatic rings. The predicted octanol–water partition coefficient (Wildman–Crippen LogP) is 4.37. The highest BCUT2D eigenvalue weighted by molar-refractivity contribution is 6.30. The maximum Gasteiger partial charge on any atom is 0.181 e. The van der Waals surface area contributed by atoms with Crippen LogP contribution in [0.5, 0.6) is 11.5 Å². The molecule has 0 saturated heterocycles. The lowest BCUT2D eigenvalue weighted by Crippen LogP contribution is -1.97. The second-order valence-electron chi connectivity index (χ2n) is 3.78. The first kappa shape index (κ1) is 11.8. The minimum atomic E-state index is 0.0437. The molecule has 2 rings (SSSR count). The zero-order valence-corrected chi connectivity index (χ0v) is 10.2. The third-order valence-electron chi connectivity index (χ3n) is 2.60. The van der Waals surface area contributed by atoms with Gasteiger partial charge >= 0.3 is 0 Å². The number of hydrogen-bond acceptors (Lipinski definition) is 1. The summed E-state index contributed by atoms with van der Waals surface area (Å²) in [6.07, 6.45) is 0. The van der Waals surface area contributed by atoms with Gasteiger partial charge in [0.1, 0.15) is 12.4 Å². The molecular weight excluding hydrogens is 236 g/mol. The smallest absolute Gasteiger partial charge is 0.181 e. The SMILES string of the molecule is Cc1c([O])cccc1COc1ccc(Cl)cc1. The number of hydrogen-bond donors (Lipinski definition) is 0. The Balaban J connectivity index is 2.07. The molecule has 0 heterocycles. The van der Waals surface area contributed by atoms with Gasteiger partial charge in [0.05, 0.1) is 0 Å². The summed E-state index contributed by atoms with van der Waals surface area (Å²) in [6, 6.07) is 12.3. The molecule has 0 aliphatic heterocycles. The van der Waals surface area contributed by atoms with Gasteiger partial charge in [-0.05, 0) is 42.8 Å². The lowest BCUT2D eigenvalue weighted by molar-refractivity contribution is 0.302. The van der Waals surface area contributed by atoms with Gasteiger partial charge in [-0.2, -0.15) is 0 Å². The molecule has 0 unspecified atom stereocenters. The fourth-order valence-electron chi connectivity index (χ4n) is 1.51. The van der Waals surface area contributed by atoms with E-state index in [2.05, 4.69) is 0 Å². The molecule has 0 bridgehead atoms. The maximum absolute atomic E-state index is 11.4. The van der Waals surface area contributed by atoms with Crippen LogP contribution in [-0.2, 0) is 11.7 Å². The highest BCUT2D eigenvalue weighted by atomic mass is 35.5. The molecule has 0 N–H and O–H groups in total. The third-order valence-corrected chi connectivity index (χ3v) is 2.86. The lowest BCUT2D eigenvalue weighted by Gasteiger charge is -2.08. The van der Waals surface area contributed by atoms with Crippen molar-refractivity contribution in [1.29, 1.82) is 0 Å². The number of benzene rings is 2. The lowest BCUT2D eigenvalue weighted by atomic mass is 10.1. The summed E-state index contributed by atoms with van der Waals surface area (Å²) < 4.78 is 5.59. The maximum atomic E-state index is 11.4. The van der Waals surface area contributed by atoms with Crippen LogP contribution in [0.2, 0.25) is 5.02 Å². The van der Waals surface area contributed by atoms with Gasteiger partial charge < -0.3 is 4.74 Å². The summed E-state index contributed by atoms with van der Waals surface area (Å²) in [5.74, 6) is 0.785. The summed E-state index contributed by atoms with van der Waals surface area (Å²) in [6.45, 7) is 2.20. The minimum absolute atomic E-state index is 0.0437. The van der Waals surface area contributed by atoms with Crippen molar-refractivity contribution in [2.24, 2.45) is 0 Å². The molecular formula is C14H12ClO2. The van der Waals surface area contributed by atoms with Gasteiger partial charge in [0.15, 0.2) is 5.75 Å². The van der Waals surface area contributed by atoms with Gasteiger partial charge in [-0.15, -0.1) is 0 Å². The molecule has 0 spiro atoms. The second kappa shape index (κ2) is 5.11. The van der Waals surface area contributed by atoms with E-state index in [0.29, 0.717) is 11.6 Å². The molecule has 0 saturated carbocycles. The normalized spacial score (nSPS) is 10.2. The molecule has 2 aromatic carbocycles. The van der Waals surface area contributed by atoms with E-state index in [9.17, 15) is 5.11 Å². The predicted molar refractivity (Wildman–Crippen MR) is 67.1 cm³/mol. The Kier molecular flexibility index (Phi) is 3.55. The van der Waals surface area contributed by atoms with Crippen molar-refractivity contribution < 1.29 is 9.84 Å². The molecule has 3 heteroatoms. The monoisotopic (exact) mass is 247 g/mol. The van der Waals surface area contributed by atoms with E-state index in [1.807, 2.05) is 13.0 Å². The first-order valence-corrected chi connectivity index (χ1v) is 5.68. The van der Waals surface area contributed by atoms with Gasteiger partial charge in [-0.3, -0.25) is 5.11 Å². The van der Waals surface area contributed by atoms with Crippen molar-refractivity contribution in [2.75, 3.05) is 0 Å². The third kappa shape index (κ3) is 2.92. The van der Waals surface area contributed by atoms with Crippen molar-refractivity contribution >= 4 is 11.6 Å². The summed E-state index contributed by atoms with van der Waals surface area (Å²) in [5.41, 5.74) is 1.65. The Bertz CT molecular complexity index is 506. The highest BCUT2D eigenvalue weighted by Crippen LogP contribution is 2.22. The van der Waals surface area contributed by atoms with Crippen LogP contribution in [0.1, 0.15) is 11.1 Å². The molecule has 17 heavy (non-hydrogen) atoms. The summed E-state index contributed by atoms with van der Waals surface area (Å²) >= 11 is 5.78. The van der Waals surface area contributed by atoms with Gasteiger partial charge in [0.2, 0.25) is 0 Å². The Morgan fingerprint density at radius 3 is 2.53 bits per heavy atom. The van der Waals surface area contributed by atoms with E-state index in [4.69, 9.17) is 16.3 Å². The number of ether oxygens (including phenoxy) is 1. The van der Waals surface area contributed by atoms with Crippen LogP contribution in [-0.4, -0.2) is 0 Å². The van der Waals surface area contributed by atoms with Crippen molar-refractivity contribution in [3.05, 3.63) is 58.6 Å².